The molecule has 3 nitrogen and oxygen atoms in total. The summed E-state index contributed by atoms with van der Waals surface area (Å²) in [5.41, 5.74) is 1.77. The number of nitrogens with one attached hydrogen (secondary N) is 1. The summed E-state index contributed by atoms with van der Waals surface area (Å²) in [6, 6.07) is 16.5. The lowest BCUT2D eigenvalue weighted by molar-refractivity contribution is -0.682. The van der Waals surface area contributed by atoms with Crippen LogP contribution in [0.1, 0.15) is 18.5 Å². The average molecular weight is 337 g/mol. The number of halogens is 2. The molecule has 0 spiro atoms. The molecule has 23 heavy (non-hydrogen) atoms. The van der Waals surface area contributed by atoms with Crippen molar-refractivity contribution in [3.05, 3.63) is 60.2 Å². The maximum absolute atomic E-state index is 12.2. The lowest BCUT2D eigenvalue weighted by Gasteiger charge is -2.11. The van der Waals surface area contributed by atoms with Crippen LogP contribution in [0.25, 0.3) is 0 Å². The van der Waals surface area contributed by atoms with Crippen molar-refractivity contribution in [1.82, 2.24) is 0 Å². The van der Waals surface area contributed by atoms with Gasteiger partial charge in [-0.05, 0) is 31.2 Å². The first-order chi connectivity index (χ1) is 11.0. The van der Waals surface area contributed by atoms with Crippen LogP contribution in [0.4, 0.5) is 14.5 Å². The maximum Gasteiger partial charge on any atom is 0.288 e. The molecule has 6 heteroatoms. The number of hydrogen-bond donors (Lipinski definition) is 2. The highest BCUT2D eigenvalue weighted by Crippen LogP contribution is 2.26. The Morgan fingerprint density at radius 2 is 1.78 bits per heavy atom. The number of benzene rings is 2. The lowest BCUT2D eigenvalue weighted by atomic mass is 10.1. The highest BCUT2D eigenvalue weighted by atomic mass is 32.2. The second-order valence-electron chi connectivity index (χ2n) is 5.09. The molecule has 0 aliphatic rings. The Morgan fingerprint density at radius 1 is 1.13 bits per heavy atom. The standard InChI is InChI=1S/C17H18F2N2OS/c1-12(13-5-3-2-4-6-13)20-11-16(22)21-14-7-9-15(10-8-14)23-17(18)19/h2-10,12,17,20H,11H2,1H3,(H,21,22)/p+1/t12-/m0/s1. The Kier molecular flexibility index (Phi) is 6.55. The van der Waals surface area contributed by atoms with Crippen molar-refractivity contribution >= 4 is 23.4 Å². The summed E-state index contributed by atoms with van der Waals surface area (Å²) in [4.78, 5) is 12.4. The number of anilines is 1. The summed E-state index contributed by atoms with van der Waals surface area (Å²) in [5, 5.41) is 4.71. The first kappa shape index (κ1) is 17.4. The molecule has 0 heterocycles. The van der Waals surface area contributed by atoms with Gasteiger partial charge in [-0.3, -0.25) is 4.79 Å². The highest BCUT2D eigenvalue weighted by molar-refractivity contribution is 7.99. The summed E-state index contributed by atoms with van der Waals surface area (Å²) in [6.45, 7) is 2.34. The van der Waals surface area contributed by atoms with Crippen molar-refractivity contribution in [1.29, 1.82) is 0 Å². The molecule has 0 fully saturated rings. The van der Waals surface area contributed by atoms with E-state index in [9.17, 15) is 13.6 Å². The van der Waals surface area contributed by atoms with Gasteiger partial charge in [-0.2, -0.15) is 8.78 Å². The van der Waals surface area contributed by atoms with E-state index >= 15 is 0 Å². The van der Waals surface area contributed by atoms with E-state index in [1.54, 1.807) is 24.3 Å². The largest absolute Gasteiger partial charge is 0.333 e. The maximum atomic E-state index is 12.2. The molecule has 0 radical (unpaired) electrons. The van der Waals surface area contributed by atoms with Gasteiger partial charge in [-0.25, -0.2) is 0 Å². The van der Waals surface area contributed by atoms with Crippen LogP contribution in [0.3, 0.4) is 0 Å². The molecule has 0 unspecified atom stereocenters. The smallest absolute Gasteiger partial charge is 0.288 e. The molecular formula is C17H19F2N2OS+. The van der Waals surface area contributed by atoms with Gasteiger partial charge in [0.15, 0.2) is 6.54 Å². The summed E-state index contributed by atoms with van der Waals surface area (Å²) in [7, 11) is 0. The number of amides is 1. The van der Waals surface area contributed by atoms with E-state index in [1.807, 2.05) is 42.6 Å². The zero-order valence-corrected chi connectivity index (χ0v) is 13.5. The van der Waals surface area contributed by atoms with Gasteiger partial charge >= 0.3 is 0 Å². The van der Waals surface area contributed by atoms with E-state index in [2.05, 4.69) is 5.32 Å². The van der Waals surface area contributed by atoms with Crippen LogP contribution in [0.5, 0.6) is 0 Å². The third-order valence-corrected chi connectivity index (χ3v) is 4.07. The number of alkyl halides is 2. The first-order valence-corrected chi connectivity index (χ1v) is 8.15. The van der Waals surface area contributed by atoms with Gasteiger partial charge in [0.2, 0.25) is 0 Å². The Bertz CT molecular complexity index is 620. The topological polar surface area (TPSA) is 45.7 Å². The van der Waals surface area contributed by atoms with Gasteiger partial charge in [0.05, 0.1) is 0 Å². The van der Waals surface area contributed by atoms with Crippen molar-refractivity contribution in [2.45, 2.75) is 23.6 Å². The summed E-state index contributed by atoms with van der Waals surface area (Å²) >= 11 is 0.486. The number of quaternary nitrogens is 1. The molecule has 2 aromatic carbocycles. The predicted octanol–water partition coefficient (Wildman–Crippen LogP) is 3.26. The molecule has 0 aliphatic carbocycles. The molecule has 1 atom stereocenters. The minimum atomic E-state index is -2.44. The summed E-state index contributed by atoms with van der Waals surface area (Å²) in [5.74, 6) is -2.56. The van der Waals surface area contributed by atoms with Crippen LogP contribution in [-0.4, -0.2) is 18.2 Å². The number of carbonyl (C=O) groups is 1. The number of hydrogen-bond acceptors (Lipinski definition) is 2. The van der Waals surface area contributed by atoms with Gasteiger partial charge in [0.1, 0.15) is 6.04 Å². The molecule has 0 aromatic heterocycles. The van der Waals surface area contributed by atoms with Crippen molar-refractivity contribution in [3.63, 3.8) is 0 Å². The third-order valence-electron chi connectivity index (χ3n) is 3.35. The Hall–Kier alpha value is -1.92. The number of carbonyl (C=O) groups excluding carboxylic acids is 1. The molecule has 0 saturated heterocycles. The normalized spacial score (nSPS) is 12.2. The zero-order chi connectivity index (χ0) is 16.7. The Morgan fingerprint density at radius 3 is 2.39 bits per heavy atom. The van der Waals surface area contributed by atoms with Crippen molar-refractivity contribution in [2.75, 3.05) is 11.9 Å². The van der Waals surface area contributed by atoms with Crippen LogP contribution < -0.4 is 10.6 Å². The molecule has 3 N–H and O–H groups in total. The number of rotatable bonds is 7. The predicted molar refractivity (Wildman–Crippen MR) is 88.6 cm³/mol. The quantitative estimate of drug-likeness (QED) is 0.762. The molecule has 1 amide bonds. The minimum absolute atomic E-state index is 0.123. The van der Waals surface area contributed by atoms with Crippen molar-refractivity contribution < 1.29 is 18.9 Å². The fourth-order valence-electron chi connectivity index (χ4n) is 2.11. The molecular weight excluding hydrogens is 318 g/mol. The summed E-state index contributed by atoms with van der Waals surface area (Å²) < 4.78 is 24.5. The second kappa shape index (κ2) is 8.64. The SMILES string of the molecule is C[C@H]([NH2+]CC(=O)Nc1ccc(SC(F)F)cc1)c1ccccc1. The van der Waals surface area contributed by atoms with E-state index in [-0.39, 0.29) is 11.9 Å². The van der Waals surface area contributed by atoms with Crippen molar-refractivity contribution in [2.24, 2.45) is 0 Å². The van der Waals surface area contributed by atoms with E-state index in [1.165, 1.54) is 0 Å². The van der Waals surface area contributed by atoms with Gasteiger partial charge < -0.3 is 10.6 Å². The fraction of sp³-hybridized carbons (Fsp3) is 0.235. The molecule has 2 rings (SSSR count). The lowest BCUT2D eigenvalue weighted by Crippen LogP contribution is -2.86. The van der Waals surface area contributed by atoms with Gasteiger partial charge in [-0.1, -0.05) is 42.1 Å². The van der Waals surface area contributed by atoms with Gasteiger partial charge in [0, 0.05) is 16.1 Å². The zero-order valence-electron chi connectivity index (χ0n) is 12.7. The van der Waals surface area contributed by atoms with Crippen LogP contribution in [0, 0.1) is 0 Å². The van der Waals surface area contributed by atoms with Crippen LogP contribution in [0.15, 0.2) is 59.5 Å². The molecule has 0 bridgehead atoms. The van der Waals surface area contributed by atoms with Gasteiger partial charge in [0.25, 0.3) is 11.7 Å². The molecule has 0 saturated carbocycles. The first-order valence-electron chi connectivity index (χ1n) is 7.27. The van der Waals surface area contributed by atoms with Crippen molar-refractivity contribution in [3.8, 4) is 0 Å². The van der Waals surface area contributed by atoms with E-state index in [4.69, 9.17) is 0 Å². The molecule has 2 aromatic rings. The monoisotopic (exact) mass is 337 g/mol. The Balaban J connectivity index is 1.80. The fourth-order valence-corrected chi connectivity index (χ4v) is 2.61. The van der Waals surface area contributed by atoms with Crippen LogP contribution in [-0.2, 0) is 4.79 Å². The molecule has 122 valence electrons. The minimum Gasteiger partial charge on any atom is -0.333 e. The van der Waals surface area contributed by atoms with E-state index in [0.717, 1.165) is 5.56 Å². The Labute approximate surface area is 138 Å². The summed E-state index contributed by atoms with van der Waals surface area (Å²) in [6.07, 6.45) is 0. The average Bonchev–Trinajstić information content (AvgIpc) is 2.55. The highest BCUT2D eigenvalue weighted by Gasteiger charge is 2.11. The number of nitrogens with two attached hydrogens (primary N) is 1. The second-order valence-corrected chi connectivity index (χ2v) is 6.15. The van der Waals surface area contributed by atoms with Crippen LogP contribution >= 0.6 is 11.8 Å². The van der Waals surface area contributed by atoms with Gasteiger partial charge in [-0.15, -0.1) is 0 Å². The van der Waals surface area contributed by atoms with Crippen LogP contribution in [0.2, 0.25) is 0 Å². The van der Waals surface area contributed by atoms with E-state index < -0.39 is 5.76 Å². The third kappa shape index (κ3) is 6.00. The number of thioether (sulfide) groups is 1. The molecule has 0 aliphatic heterocycles. The van der Waals surface area contributed by atoms with E-state index in [0.29, 0.717) is 28.9 Å².